The molecule has 1 unspecified atom stereocenters. The summed E-state index contributed by atoms with van der Waals surface area (Å²) in [6.45, 7) is 6.08. The smallest absolute Gasteiger partial charge is 0.165 e. The molecule has 0 aromatic heterocycles. The quantitative estimate of drug-likeness (QED) is 0.591. The van der Waals surface area contributed by atoms with Crippen LogP contribution >= 0.6 is 0 Å². The Morgan fingerprint density at radius 3 is 2.60 bits per heavy atom. The van der Waals surface area contributed by atoms with E-state index in [1.165, 1.54) is 15.8 Å². The highest BCUT2D eigenvalue weighted by molar-refractivity contribution is 7.12. The van der Waals surface area contributed by atoms with Gasteiger partial charge in [-0.05, 0) is 32.5 Å². The van der Waals surface area contributed by atoms with Crippen molar-refractivity contribution in [2.45, 2.75) is 25.9 Å². The Kier molecular flexibility index (Phi) is 5.24. The van der Waals surface area contributed by atoms with Crippen LogP contribution in [0, 0.1) is 0 Å². The Morgan fingerprint density at radius 1 is 1.60 bits per heavy atom. The summed E-state index contributed by atoms with van der Waals surface area (Å²) in [5.74, 6) is 0. The predicted octanol–water partition coefficient (Wildman–Crippen LogP) is -0.191. The molecule has 0 radical (unpaired) electrons. The molecular weight excluding hydrogens is 158 g/mol. The van der Waals surface area contributed by atoms with Gasteiger partial charge in [-0.3, -0.25) is 0 Å². The molecule has 0 heterocycles. The fraction of sp³-hybridized carbons (Fsp3) is 1.00. The van der Waals surface area contributed by atoms with Crippen LogP contribution in [-0.4, -0.2) is 30.7 Å². The van der Waals surface area contributed by atoms with E-state index in [-0.39, 0.29) is 0 Å². The molecule has 0 aliphatic rings. The first-order valence-electron chi connectivity index (χ1n) is 3.96. The van der Waals surface area contributed by atoms with Crippen LogP contribution in [0.4, 0.5) is 0 Å². The number of hydrogen-bond acceptors (Lipinski definition) is 2. The van der Waals surface area contributed by atoms with Crippen molar-refractivity contribution < 1.29 is 4.43 Å². The largest absolute Gasteiger partial charge is 0.421 e. The highest BCUT2D eigenvalue weighted by Crippen LogP contribution is 2.08. The van der Waals surface area contributed by atoms with Crippen LogP contribution in [0.1, 0.15) is 13.3 Å². The van der Waals surface area contributed by atoms with Crippen molar-refractivity contribution in [2.75, 3.05) is 13.2 Å². The van der Waals surface area contributed by atoms with Gasteiger partial charge in [0.1, 0.15) is 0 Å². The predicted molar refractivity (Wildman–Crippen MR) is 51.7 cm³/mol. The molecule has 0 saturated heterocycles. The topological polar surface area (TPSA) is 35.2 Å². The summed E-state index contributed by atoms with van der Waals surface area (Å²) in [5, 5.41) is 0. The average molecular weight is 177 g/mol. The summed E-state index contributed by atoms with van der Waals surface area (Å²) in [5.41, 5.74) is 5.41. The number of hydrogen-bond donors (Lipinski definition) is 1. The van der Waals surface area contributed by atoms with E-state index in [4.69, 9.17) is 10.2 Å². The SMILES string of the molecule is CCO[Si](C)([SiH3])CCCN. The summed E-state index contributed by atoms with van der Waals surface area (Å²) >= 11 is 0. The van der Waals surface area contributed by atoms with Gasteiger partial charge in [0.05, 0.1) is 0 Å². The lowest BCUT2D eigenvalue weighted by Crippen LogP contribution is -2.35. The second kappa shape index (κ2) is 5.06. The molecule has 0 aliphatic carbocycles. The third-order valence-electron chi connectivity index (χ3n) is 1.52. The average Bonchev–Trinajstić information content (AvgIpc) is 1.84. The molecule has 0 aromatic carbocycles. The molecule has 0 bridgehead atoms. The first kappa shape index (κ1) is 10.4. The van der Waals surface area contributed by atoms with Crippen LogP contribution < -0.4 is 5.73 Å². The summed E-state index contributed by atoms with van der Waals surface area (Å²) in [6.07, 6.45) is 1.15. The fourth-order valence-electron chi connectivity index (χ4n) is 0.991. The van der Waals surface area contributed by atoms with E-state index in [0.717, 1.165) is 19.6 Å². The van der Waals surface area contributed by atoms with Gasteiger partial charge in [0.2, 0.25) is 0 Å². The van der Waals surface area contributed by atoms with Gasteiger partial charge in [0.15, 0.2) is 7.83 Å². The van der Waals surface area contributed by atoms with Crippen LogP contribution in [0.3, 0.4) is 0 Å². The van der Waals surface area contributed by atoms with Crippen molar-refractivity contribution in [1.29, 1.82) is 0 Å². The van der Waals surface area contributed by atoms with Gasteiger partial charge in [-0.2, -0.15) is 0 Å². The van der Waals surface area contributed by atoms with Gasteiger partial charge in [0.25, 0.3) is 0 Å². The zero-order valence-electron chi connectivity index (χ0n) is 7.31. The fourth-order valence-corrected chi connectivity index (χ4v) is 4.90. The maximum Gasteiger partial charge on any atom is 0.165 e. The van der Waals surface area contributed by atoms with E-state index in [1.54, 1.807) is 0 Å². The second-order valence-corrected chi connectivity index (χ2v) is 13.7. The molecule has 0 aromatic rings. The Morgan fingerprint density at radius 2 is 2.20 bits per heavy atom. The third-order valence-corrected chi connectivity index (χ3v) is 6.51. The first-order chi connectivity index (χ1) is 4.62. The maximum atomic E-state index is 5.68. The van der Waals surface area contributed by atoms with Crippen molar-refractivity contribution in [3.8, 4) is 0 Å². The van der Waals surface area contributed by atoms with E-state index >= 15 is 0 Å². The van der Waals surface area contributed by atoms with Gasteiger partial charge >= 0.3 is 0 Å². The van der Waals surface area contributed by atoms with Gasteiger partial charge in [-0.1, -0.05) is 0 Å². The van der Waals surface area contributed by atoms with Crippen LogP contribution in [0.5, 0.6) is 0 Å². The molecule has 62 valence electrons. The molecule has 4 heteroatoms. The summed E-state index contributed by atoms with van der Waals surface area (Å²) in [6, 6.07) is 1.25. The number of rotatable bonds is 5. The third kappa shape index (κ3) is 5.16. The summed E-state index contributed by atoms with van der Waals surface area (Å²) < 4.78 is 5.68. The van der Waals surface area contributed by atoms with Crippen molar-refractivity contribution >= 4 is 17.6 Å². The molecule has 2 N–H and O–H groups in total. The molecule has 0 spiro atoms. The zero-order valence-corrected chi connectivity index (χ0v) is 10.3. The monoisotopic (exact) mass is 177 g/mol. The van der Waals surface area contributed by atoms with E-state index in [2.05, 4.69) is 13.5 Å². The van der Waals surface area contributed by atoms with Crippen molar-refractivity contribution in [3.63, 3.8) is 0 Å². The van der Waals surface area contributed by atoms with Crippen LogP contribution in [0.2, 0.25) is 12.6 Å². The minimum atomic E-state index is -1.17. The Balaban J connectivity index is 3.42. The summed E-state index contributed by atoms with van der Waals surface area (Å²) in [4.78, 5) is 0. The Labute approximate surface area is 67.5 Å². The lowest BCUT2D eigenvalue weighted by atomic mass is 10.5. The van der Waals surface area contributed by atoms with Crippen molar-refractivity contribution in [1.82, 2.24) is 0 Å². The van der Waals surface area contributed by atoms with E-state index in [9.17, 15) is 0 Å². The second-order valence-electron chi connectivity index (χ2n) is 3.08. The van der Waals surface area contributed by atoms with E-state index < -0.39 is 7.83 Å². The van der Waals surface area contributed by atoms with Crippen LogP contribution in [0.25, 0.3) is 0 Å². The van der Waals surface area contributed by atoms with Gasteiger partial charge < -0.3 is 10.2 Å². The van der Waals surface area contributed by atoms with Crippen LogP contribution in [-0.2, 0) is 4.43 Å². The van der Waals surface area contributed by atoms with Gasteiger partial charge in [0, 0.05) is 16.4 Å². The molecule has 0 rings (SSSR count). The van der Waals surface area contributed by atoms with Crippen molar-refractivity contribution in [3.05, 3.63) is 0 Å². The molecule has 10 heavy (non-hydrogen) atoms. The van der Waals surface area contributed by atoms with Crippen LogP contribution in [0.15, 0.2) is 0 Å². The zero-order chi connectivity index (χ0) is 8.04. The lowest BCUT2D eigenvalue weighted by Gasteiger charge is -2.21. The first-order valence-corrected chi connectivity index (χ1v) is 10.1. The highest BCUT2D eigenvalue weighted by atomic mass is 29.2. The lowest BCUT2D eigenvalue weighted by molar-refractivity contribution is 0.338. The minimum Gasteiger partial charge on any atom is -0.421 e. The maximum absolute atomic E-state index is 5.68. The van der Waals surface area contributed by atoms with E-state index in [1.807, 2.05) is 0 Å². The summed E-state index contributed by atoms with van der Waals surface area (Å²) in [7, 11) is 0.0679. The highest BCUT2D eigenvalue weighted by Gasteiger charge is 2.19. The Bertz CT molecular complexity index is 87.8. The van der Waals surface area contributed by atoms with Crippen molar-refractivity contribution in [2.24, 2.45) is 5.73 Å². The number of nitrogens with two attached hydrogens (primary N) is 1. The Hall–Kier alpha value is 0.354. The molecule has 0 saturated carbocycles. The molecular formula is C6H19NOSi2. The van der Waals surface area contributed by atoms with Gasteiger partial charge in [-0.15, -0.1) is 0 Å². The standard InChI is InChI=1S/C6H19NOSi2/c1-3-8-10(2,9)6-4-5-7/h3-7H2,1-2,9H3. The normalized spacial score (nSPS) is 17.1. The molecule has 1 atom stereocenters. The molecule has 2 nitrogen and oxygen atoms in total. The van der Waals surface area contributed by atoms with E-state index in [0.29, 0.717) is 0 Å². The minimum absolute atomic E-state index is 0.817. The molecule has 0 aliphatic heterocycles. The molecule has 0 fully saturated rings. The van der Waals surface area contributed by atoms with Gasteiger partial charge in [-0.25, -0.2) is 0 Å². The molecule has 0 amide bonds.